The van der Waals surface area contributed by atoms with E-state index in [1.165, 1.54) is 0 Å². The number of carbonyl (C=O) groups excluding carboxylic acids is 1. The van der Waals surface area contributed by atoms with Crippen LogP contribution in [0, 0.1) is 0 Å². The number of methoxy groups -OCH3 is 1. The lowest BCUT2D eigenvalue weighted by Crippen LogP contribution is -2.37. The molecule has 118 valence electrons. The van der Waals surface area contributed by atoms with E-state index in [0.717, 1.165) is 25.1 Å². The summed E-state index contributed by atoms with van der Waals surface area (Å²) in [5, 5.41) is 6.09. The average molecular weight is 294 g/mol. The van der Waals surface area contributed by atoms with Crippen LogP contribution in [0.1, 0.15) is 25.8 Å². The van der Waals surface area contributed by atoms with Crippen molar-refractivity contribution < 1.29 is 14.3 Å². The van der Waals surface area contributed by atoms with E-state index in [-0.39, 0.29) is 5.91 Å². The summed E-state index contributed by atoms with van der Waals surface area (Å²) in [5.41, 5.74) is 1.14. The van der Waals surface area contributed by atoms with Gasteiger partial charge in [0.15, 0.2) is 6.10 Å². The second kappa shape index (κ2) is 10.2. The predicted molar refractivity (Wildman–Crippen MR) is 83.4 cm³/mol. The van der Waals surface area contributed by atoms with Crippen molar-refractivity contribution in [1.29, 1.82) is 0 Å². The highest BCUT2D eigenvalue weighted by molar-refractivity contribution is 5.80. The van der Waals surface area contributed by atoms with E-state index < -0.39 is 6.10 Å². The molecule has 1 unspecified atom stereocenters. The summed E-state index contributed by atoms with van der Waals surface area (Å²) in [5.74, 6) is 0.605. The van der Waals surface area contributed by atoms with Gasteiger partial charge in [-0.05, 0) is 37.6 Å². The summed E-state index contributed by atoms with van der Waals surface area (Å²) in [7, 11) is 1.65. The largest absolute Gasteiger partial charge is 0.481 e. The molecule has 0 aliphatic rings. The maximum Gasteiger partial charge on any atom is 0.260 e. The Morgan fingerprint density at radius 2 is 2.19 bits per heavy atom. The molecule has 1 atom stereocenters. The first-order chi connectivity index (χ1) is 10.2. The first-order valence-corrected chi connectivity index (χ1v) is 7.40. The molecule has 5 nitrogen and oxygen atoms in total. The van der Waals surface area contributed by atoms with Crippen LogP contribution in [-0.4, -0.2) is 38.8 Å². The Balaban J connectivity index is 2.42. The van der Waals surface area contributed by atoms with Gasteiger partial charge in [-0.2, -0.15) is 0 Å². The molecule has 0 saturated heterocycles. The molecule has 0 aliphatic heterocycles. The van der Waals surface area contributed by atoms with Gasteiger partial charge in [0.25, 0.3) is 5.91 Å². The molecule has 0 heterocycles. The Kier molecular flexibility index (Phi) is 8.47. The van der Waals surface area contributed by atoms with Gasteiger partial charge in [-0.3, -0.25) is 4.79 Å². The van der Waals surface area contributed by atoms with E-state index in [2.05, 4.69) is 17.6 Å². The van der Waals surface area contributed by atoms with Crippen LogP contribution in [0.2, 0.25) is 0 Å². The number of amides is 1. The average Bonchev–Trinajstić information content (AvgIpc) is 2.49. The molecular formula is C16H26N2O3. The monoisotopic (exact) mass is 294 g/mol. The molecule has 2 N–H and O–H groups in total. The SMILES string of the molecule is CCNCc1cccc(OC(C)C(=O)NCCCOC)c1. The second-order valence-electron chi connectivity index (χ2n) is 4.83. The third kappa shape index (κ3) is 7.11. The minimum Gasteiger partial charge on any atom is -0.481 e. The van der Waals surface area contributed by atoms with Crippen LogP contribution in [0.5, 0.6) is 5.75 Å². The van der Waals surface area contributed by atoms with E-state index in [1.54, 1.807) is 14.0 Å². The summed E-state index contributed by atoms with van der Waals surface area (Å²) in [4.78, 5) is 11.9. The Morgan fingerprint density at radius 3 is 2.90 bits per heavy atom. The number of carbonyl (C=O) groups is 1. The zero-order valence-electron chi connectivity index (χ0n) is 13.1. The molecule has 5 heteroatoms. The Morgan fingerprint density at radius 1 is 1.38 bits per heavy atom. The minimum absolute atomic E-state index is 0.108. The highest BCUT2D eigenvalue weighted by Gasteiger charge is 2.13. The van der Waals surface area contributed by atoms with Crippen LogP contribution < -0.4 is 15.4 Å². The number of hydrogen-bond acceptors (Lipinski definition) is 4. The van der Waals surface area contributed by atoms with Gasteiger partial charge in [0.05, 0.1) is 0 Å². The van der Waals surface area contributed by atoms with E-state index in [1.807, 2.05) is 24.3 Å². The fourth-order valence-corrected chi connectivity index (χ4v) is 1.83. The molecule has 0 aromatic heterocycles. The van der Waals surface area contributed by atoms with Crippen LogP contribution in [-0.2, 0) is 16.1 Å². The van der Waals surface area contributed by atoms with Crippen molar-refractivity contribution >= 4 is 5.91 Å². The molecule has 1 aromatic carbocycles. The van der Waals surface area contributed by atoms with Crippen molar-refractivity contribution in [3.8, 4) is 5.75 Å². The van der Waals surface area contributed by atoms with Crippen molar-refractivity contribution in [2.75, 3.05) is 26.8 Å². The van der Waals surface area contributed by atoms with E-state index in [9.17, 15) is 4.79 Å². The lowest BCUT2D eigenvalue weighted by molar-refractivity contribution is -0.127. The molecule has 0 saturated carbocycles. The molecule has 0 radical (unpaired) electrons. The van der Waals surface area contributed by atoms with Gasteiger partial charge in [0.2, 0.25) is 0 Å². The van der Waals surface area contributed by atoms with Crippen LogP contribution in [0.3, 0.4) is 0 Å². The molecule has 1 rings (SSSR count). The molecule has 0 bridgehead atoms. The summed E-state index contributed by atoms with van der Waals surface area (Å²) in [6, 6.07) is 7.79. The highest BCUT2D eigenvalue weighted by Crippen LogP contribution is 2.15. The fraction of sp³-hybridized carbons (Fsp3) is 0.562. The predicted octanol–water partition coefficient (Wildman–Crippen LogP) is 1.72. The molecule has 1 aromatic rings. The lowest BCUT2D eigenvalue weighted by atomic mass is 10.2. The fourth-order valence-electron chi connectivity index (χ4n) is 1.83. The number of rotatable bonds is 10. The number of ether oxygens (including phenoxy) is 2. The maximum atomic E-state index is 11.9. The van der Waals surface area contributed by atoms with Crippen molar-refractivity contribution in [1.82, 2.24) is 10.6 Å². The van der Waals surface area contributed by atoms with Crippen molar-refractivity contribution in [2.24, 2.45) is 0 Å². The maximum absolute atomic E-state index is 11.9. The number of nitrogens with one attached hydrogen (secondary N) is 2. The first-order valence-electron chi connectivity index (χ1n) is 7.40. The molecule has 21 heavy (non-hydrogen) atoms. The molecular weight excluding hydrogens is 268 g/mol. The van der Waals surface area contributed by atoms with Crippen LogP contribution in [0.4, 0.5) is 0 Å². The van der Waals surface area contributed by atoms with Crippen molar-refractivity contribution in [3.05, 3.63) is 29.8 Å². The zero-order valence-corrected chi connectivity index (χ0v) is 13.1. The lowest BCUT2D eigenvalue weighted by Gasteiger charge is -2.15. The molecule has 1 amide bonds. The molecule has 0 fully saturated rings. The van der Waals surface area contributed by atoms with Crippen LogP contribution in [0.25, 0.3) is 0 Å². The smallest absolute Gasteiger partial charge is 0.260 e. The van der Waals surface area contributed by atoms with Gasteiger partial charge < -0.3 is 20.1 Å². The van der Waals surface area contributed by atoms with Crippen LogP contribution >= 0.6 is 0 Å². The quantitative estimate of drug-likeness (QED) is 0.645. The Bertz CT molecular complexity index is 424. The van der Waals surface area contributed by atoms with Crippen LogP contribution in [0.15, 0.2) is 24.3 Å². The van der Waals surface area contributed by atoms with Gasteiger partial charge >= 0.3 is 0 Å². The Hall–Kier alpha value is -1.59. The summed E-state index contributed by atoms with van der Waals surface area (Å²) >= 11 is 0. The molecule has 0 aliphatic carbocycles. The van der Waals surface area contributed by atoms with E-state index >= 15 is 0 Å². The topological polar surface area (TPSA) is 59.6 Å². The first kappa shape index (κ1) is 17.5. The summed E-state index contributed by atoms with van der Waals surface area (Å²) < 4.78 is 10.6. The molecule has 0 spiro atoms. The van der Waals surface area contributed by atoms with Gasteiger partial charge in [0.1, 0.15) is 5.75 Å². The standard InChI is InChI=1S/C16H26N2O3/c1-4-17-12-14-7-5-8-15(11-14)21-13(2)16(19)18-9-6-10-20-3/h5,7-8,11,13,17H,4,6,9-10,12H2,1-3H3,(H,18,19). The van der Waals surface area contributed by atoms with Gasteiger partial charge in [0, 0.05) is 26.8 Å². The highest BCUT2D eigenvalue weighted by atomic mass is 16.5. The third-order valence-electron chi connectivity index (χ3n) is 2.98. The van der Waals surface area contributed by atoms with Crippen molar-refractivity contribution in [2.45, 2.75) is 32.9 Å². The van der Waals surface area contributed by atoms with Gasteiger partial charge in [-0.1, -0.05) is 19.1 Å². The third-order valence-corrected chi connectivity index (χ3v) is 2.98. The normalized spacial score (nSPS) is 12.0. The summed E-state index contributed by atoms with van der Waals surface area (Å²) in [6.07, 6.45) is 0.287. The number of benzene rings is 1. The van der Waals surface area contributed by atoms with E-state index in [4.69, 9.17) is 9.47 Å². The van der Waals surface area contributed by atoms with Gasteiger partial charge in [-0.25, -0.2) is 0 Å². The van der Waals surface area contributed by atoms with Crippen molar-refractivity contribution in [3.63, 3.8) is 0 Å². The minimum atomic E-state index is -0.512. The van der Waals surface area contributed by atoms with Gasteiger partial charge in [-0.15, -0.1) is 0 Å². The zero-order chi connectivity index (χ0) is 15.5. The second-order valence-corrected chi connectivity index (χ2v) is 4.83. The van der Waals surface area contributed by atoms with E-state index in [0.29, 0.717) is 18.9 Å². The number of hydrogen-bond donors (Lipinski definition) is 2. The summed E-state index contributed by atoms with van der Waals surface area (Å²) in [6.45, 7) is 6.78. The Labute approximate surface area is 127 Å².